The first-order chi connectivity index (χ1) is 7.10. The molecule has 0 rings (SSSR count). The van der Waals surface area contributed by atoms with Crippen LogP contribution in [0, 0.1) is 0 Å². The Balaban J connectivity index is 3.53. The smallest absolute Gasteiger partial charge is 0.221 e. The molecular weight excluding hydrogens is 194 g/mol. The summed E-state index contributed by atoms with van der Waals surface area (Å²) in [6.45, 7) is 5.21. The minimum atomic E-state index is -0.0602. The third kappa shape index (κ3) is 7.93. The Bertz CT molecular complexity index is 207. The summed E-state index contributed by atoms with van der Waals surface area (Å²) in [5.74, 6) is -0.0811. The fourth-order valence-corrected chi connectivity index (χ4v) is 1.21. The molecule has 1 atom stereocenters. The van der Waals surface area contributed by atoms with Crippen molar-refractivity contribution in [2.75, 3.05) is 20.1 Å². The summed E-state index contributed by atoms with van der Waals surface area (Å²) < 4.78 is 0. The maximum atomic E-state index is 11.3. The van der Waals surface area contributed by atoms with E-state index in [1.54, 1.807) is 7.05 Å². The maximum absolute atomic E-state index is 11.3. The molecule has 0 aromatic rings. The highest BCUT2D eigenvalue weighted by Crippen LogP contribution is 1.89. The number of hydrogen-bond acceptors (Lipinski definition) is 3. The lowest BCUT2D eigenvalue weighted by atomic mass is 10.2. The zero-order valence-corrected chi connectivity index (χ0v) is 9.72. The highest BCUT2D eigenvalue weighted by atomic mass is 16.2. The Labute approximate surface area is 91.0 Å². The van der Waals surface area contributed by atoms with Gasteiger partial charge in [0.15, 0.2) is 0 Å². The second-order valence-corrected chi connectivity index (χ2v) is 3.44. The van der Waals surface area contributed by atoms with Crippen molar-refractivity contribution in [3.05, 3.63) is 0 Å². The highest BCUT2D eigenvalue weighted by molar-refractivity contribution is 5.79. The van der Waals surface area contributed by atoms with E-state index in [-0.39, 0.29) is 17.9 Å². The summed E-state index contributed by atoms with van der Waals surface area (Å²) in [6.07, 6.45) is 0.777. The average molecular weight is 215 g/mol. The first-order valence-corrected chi connectivity index (χ1v) is 5.30. The van der Waals surface area contributed by atoms with Crippen LogP contribution >= 0.6 is 0 Å². The Morgan fingerprint density at radius 2 is 1.93 bits per heavy atom. The van der Waals surface area contributed by atoms with Gasteiger partial charge in [-0.05, 0) is 13.5 Å². The Morgan fingerprint density at radius 3 is 2.47 bits per heavy atom. The standard InChI is InChI=1S/C10H21N3O2/c1-4-12-8(2)7-10(15)13-6-5-9(14)11-3/h8,12H,4-7H2,1-3H3,(H,11,14)(H,13,15). The van der Waals surface area contributed by atoms with E-state index < -0.39 is 0 Å². The number of hydrogen-bond donors (Lipinski definition) is 3. The van der Waals surface area contributed by atoms with Crippen LogP contribution in [0.1, 0.15) is 26.7 Å². The van der Waals surface area contributed by atoms with Crippen molar-refractivity contribution in [1.82, 2.24) is 16.0 Å². The molecule has 0 aliphatic carbocycles. The third-order valence-electron chi connectivity index (χ3n) is 2.00. The van der Waals surface area contributed by atoms with Gasteiger partial charge in [-0.1, -0.05) is 6.92 Å². The van der Waals surface area contributed by atoms with Crippen molar-refractivity contribution in [2.45, 2.75) is 32.7 Å². The Kier molecular flexibility index (Phi) is 7.62. The lowest BCUT2D eigenvalue weighted by Crippen LogP contribution is -2.35. The normalized spacial score (nSPS) is 11.9. The van der Waals surface area contributed by atoms with Crippen LogP contribution in [0.4, 0.5) is 0 Å². The Morgan fingerprint density at radius 1 is 1.27 bits per heavy atom. The fourth-order valence-electron chi connectivity index (χ4n) is 1.21. The van der Waals surface area contributed by atoms with Gasteiger partial charge in [0, 0.05) is 32.5 Å². The van der Waals surface area contributed by atoms with Crippen LogP contribution in [0.25, 0.3) is 0 Å². The number of amides is 2. The van der Waals surface area contributed by atoms with Crippen LogP contribution in [0.3, 0.4) is 0 Å². The molecule has 3 N–H and O–H groups in total. The number of nitrogens with one attached hydrogen (secondary N) is 3. The first kappa shape index (κ1) is 13.9. The molecule has 0 aromatic carbocycles. The van der Waals surface area contributed by atoms with Gasteiger partial charge in [0.1, 0.15) is 0 Å². The lowest BCUT2D eigenvalue weighted by molar-refractivity contribution is -0.122. The summed E-state index contributed by atoms with van der Waals surface area (Å²) in [5.41, 5.74) is 0. The van der Waals surface area contributed by atoms with E-state index in [0.29, 0.717) is 19.4 Å². The van der Waals surface area contributed by atoms with Gasteiger partial charge in [-0.25, -0.2) is 0 Å². The molecule has 0 fully saturated rings. The van der Waals surface area contributed by atoms with E-state index in [1.165, 1.54) is 0 Å². The summed E-state index contributed by atoms with van der Waals surface area (Å²) in [5, 5.41) is 8.34. The van der Waals surface area contributed by atoms with Gasteiger partial charge in [0.25, 0.3) is 0 Å². The second kappa shape index (κ2) is 8.23. The molecule has 2 amide bonds. The lowest BCUT2D eigenvalue weighted by Gasteiger charge is -2.11. The van der Waals surface area contributed by atoms with E-state index in [4.69, 9.17) is 0 Å². The molecule has 0 radical (unpaired) electrons. The maximum Gasteiger partial charge on any atom is 0.221 e. The predicted octanol–water partition coefficient (Wildman–Crippen LogP) is -0.373. The molecule has 0 spiro atoms. The Hall–Kier alpha value is -1.10. The molecule has 1 unspecified atom stereocenters. The zero-order valence-electron chi connectivity index (χ0n) is 9.72. The average Bonchev–Trinajstić information content (AvgIpc) is 2.17. The minimum absolute atomic E-state index is 0.0210. The van der Waals surface area contributed by atoms with E-state index in [1.807, 2.05) is 13.8 Å². The van der Waals surface area contributed by atoms with Crippen molar-refractivity contribution < 1.29 is 9.59 Å². The molecule has 0 saturated heterocycles. The molecule has 5 nitrogen and oxygen atoms in total. The molecule has 0 bridgehead atoms. The topological polar surface area (TPSA) is 70.2 Å². The van der Waals surface area contributed by atoms with E-state index in [2.05, 4.69) is 16.0 Å². The van der Waals surface area contributed by atoms with Crippen LogP contribution in [-0.2, 0) is 9.59 Å². The van der Waals surface area contributed by atoms with Crippen LogP contribution in [-0.4, -0.2) is 38.0 Å². The largest absolute Gasteiger partial charge is 0.359 e. The van der Waals surface area contributed by atoms with E-state index in [9.17, 15) is 9.59 Å². The van der Waals surface area contributed by atoms with Crippen LogP contribution in [0.5, 0.6) is 0 Å². The first-order valence-electron chi connectivity index (χ1n) is 5.30. The third-order valence-corrected chi connectivity index (χ3v) is 2.00. The van der Waals surface area contributed by atoms with Gasteiger partial charge in [0.2, 0.25) is 11.8 Å². The molecule has 0 aliphatic rings. The number of carbonyl (C=O) groups is 2. The molecule has 5 heteroatoms. The molecule has 15 heavy (non-hydrogen) atoms. The minimum Gasteiger partial charge on any atom is -0.359 e. The summed E-state index contributed by atoms with van der Waals surface area (Å²) in [7, 11) is 1.58. The monoisotopic (exact) mass is 215 g/mol. The summed E-state index contributed by atoms with van der Waals surface area (Å²) >= 11 is 0. The highest BCUT2D eigenvalue weighted by Gasteiger charge is 2.07. The molecule has 0 saturated carbocycles. The van der Waals surface area contributed by atoms with Gasteiger partial charge >= 0.3 is 0 Å². The van der Waals surface area contributed by atoms with Crippen LogP contribution in [0.2, 0.25) is 0 Å². The SMILES string of the molecule is CCNC(C)CC(=O)NCCC(=O)NC. The second-order valence-electron chi connectivity index (χ2n) is 3.44. The molecule has 0 aliphatic heterocycles. The number of rotatable bonds is 7. The van der Waals surface area contributed by atoms with Gasteiger partial charge < -0.3 is 16.0 Å². The molecule has 0 heterocycles. The molecular formula is C10H21N3O2. The van der Waals surface area contributed by atoms with E-state index in [0.717, 1.165) is 6.54 Å². The van der Waals surface area contributed by atoms with Gasteiger partial charge in [-0.15, -0.1) is 0 Å². The van der Waals surface area contributed by atoms with Crippen molar-refractivity contribution >= 4 is 11.8 Å². The van der Waals surface area contributed by atoms with Crippen molar-refractivity contribution in [1.29, 1.82) is 0 Å². The number of carbonyl (C=O) groups excluding carboxylic acids is 2. The van der Waals surface area contributed by atoms with Crippen molar-refractivity contribution in [3.8, 4) is 0 Å². The molecule has 88 valence electrons. The quantitative estimate of drug-likeness (QED) is 0.542. The van der Waals surface area contributed by atoms with E-state index >= 15 is 0 Å². The molecule has 0 aromatic heterocycles. The van der Waals surface area contributed by atoms with Crippen molar-refractivity contribution in [2.24, 2.45) is 0 Å². The summed E-state index contributed by atoms with van der Waals surface area (Å²) in [4.78, 5) is 22.2. The fraction of sp³-hybridized carbons (Fsp3) is 0.800. The van der Waals surface area contributed by atoms with Gasteiger partial charge in [-0.2, -0.15) is 0 Å². The summed E-state index contributed by atoms with van der Waals surface area (Å²) in [6, 6.07) is 0.176. The van der Waals surface area contributed by atoms with Gasteiger partial charge in [0.05, 0.1) is 0 Å². The predicted molar refractivity (Wildman–Crippen MR) is 59.4 cm³/mol. The van der Waals surface area contributed by atoms with Gasteiger partial charge in [-0.3, -0.25) is 9.59 Å². The van der Waals surface area contributed by atoms with Crippen LogP contribution < -0.4 is 16.0 Å². The zero-order chi connectivity index (χ0) is 11.7. The van der Waals surface area contributed by atoms with Crippen LogP contribution in [0.15, 0.2) is 0 Å². The van der Waals surface area contributed by atoms with Crippen molar-refractivity contribution in [3.63, 3.8) is 0 Å².